The Kier molecular flexibility index (Phi) is 6.92. The third kappa shape index (κ3) is 4.52. The number of Topliss-reactive ketones (excluding diaryl/α,β-unsaturated/α-hetero) is 1. The lowest BCUT2D eigenvalue weighted by molar-refractivity contribution is -0.132. The van der Waals surface area contributed by atoms with Gasteiger partial charge in [-0.05, 0) is 67.3 Å². The Labute approximate surface area is 205 Å². The normalized spacial score (nSPS) is 17.0. The molecule has 0 radical (unpaired) electrons. The maximum absolute atomic E-state index is 13.4. The van der Waals surface area contributed by atoms with Gasteiger partial charge in [-0.1, -0.05) is 43.3 Å². The number of aryl methyl sites for hydroxylation is 1. The van der Waals surface area contributed by atoms with Gasteiger partial charge >= 0.3 is 0 Å². The number of anilines is 1. The molecule has 0 aliphatic carbocycles. The van der Waals surface area contributed by atoms with Gasteiger partial charge < -0.3 is 14.6 Å². The van der Waals surface area contributed by atoms with Crippen LogP contribution in [0, 0.1) is 13.8 Å². The zero-order chi connectivity index (χ0) is 25.1. The number of aliphatic hydroxyl groups excluding tert-OH is 1. The lowest BCUT2D eigenvalue weighted by Crippen LogP contribution is -2.30. The van der Waals surface area contributed by atoms with Crippen LogP contribution in [0.2, 0.25) is 0 Å². The highest BCUT2D eigenvalue weighted by Gasteiger charge is 2.47. The minimum absolute atomic E-state index is 0.0358. The summed E-state index contributed by atoms with van der Waals surface area (Å²) in [5, 5.41) is 11.4. The number of ether oxygens (including phenoxy) is 2. The molecular weight excluding hydrogens is 442 g/mol. The first-order chi connectivity index (χ1) is 16.9. The number of rotatable bonds is 7. The number of amides is 1. The summed E-state index contributed by atoms with van der Waals surface area (Å²) >= 11 is 0. The van der Waals surface area contributed by atoms with Gasteiger partial charge in [0.15, 0.2) is 0 Å². The molecule has 6 nitrogen and oxygen atoms in total. The van der Waals surface area contributed by atoms with Gasteiger partial charge in [-0.15, -0.1) is 0 Å². The lowest BCUT2D eigenvalue weighted by Gasteiger charge is -2.27. The number of benzene rings is 3. The molecule has 0 saturated carbocycles. The van der Waals surface area contributed by atoms with E-state index in [2.05, 4.69) is 0 Å². The summed E-state index contributed by atoms with van der Waals surface area (Å²) in [7, 11) is 1.57. The van der Waals surface area contributed by atoms with Crippen LogP contribution < -0.4 is 14.4 Å². The van der Waals surface area contributed by atoms with E-state index in [9.17, 15) is 14.7 Å². The smallest absolute Gasteiger partial charge is 0.300 e. The van der Waals surface area contributed by atoms with Crippen molar-refractivity contribution in [2.45, 2.75) is 33.2 Å². The highest BCUT2D eigenvalue weighted by Crippen LogP contribution is 2.44. The van der Waals surface area contributed by atoms with Crippen LogP contribution in [0.4, 0.5) is 5.69 Å². The van der Waals surface area contributed by atoms with Gasteiger partial charge in [0.05, 0.1) is 25.3 Å². The lowest BCUT2D eigenvalue weighted by atomic mass is 9.94. The molecule has 3 aromatic carbocycles. The van der Waals surface area contributed by atoms with E-state index in [-0.39, 0.29) is 11.3 Å². The number of hydrogen-bond donors (Lipinski definition) is 1. The van der Waals surface area contributed by atoms with E-state index in [1.54, 1.807) is 43.5 Å². The monoisotopic (exact) mass is 471 g/mol. The molecule has 4 rings (SSSR count). The van der Waals surface area contributed by atoms with Gasteiger partial charge in [0.2, 0.25) is 0 Å². The summed E-state index contributed by atoms with van der Waals surface area (Å²) in [4.78, 5) is 28.3. The third-order valence-electron chi connectivity index (χ3n) is 6.29. The second-order valence-corrected chi connectivity index (χ2v) is 8.54. The molecule has 1 aliphatic rings. The summed E-state index contributed by atoms with van der Waals surface area (Å²) in [5.41, 5.74) is 3.66. The van der Waals surface area contributed by atoms with Crippen LogP contribution >= 0.6 is 0 Å². The first kappa shape index (κ1) is 24.1. The molecular formula is C29H29NO5. The van der Waals surface area contributed by atoms with Crippen LogP contribution in [0.1, 0.15) is 41.6 Å². The Morgan fingerprint density at radius 3 is 2.37 bits per heavy atom. The van der Waals surface area contributed by atoms with Crippen molar-refractivity contribution in [3.05, 3.63) is 94.6 Å². The zero-order valence-corrected chi connectivity index (χ0v) is 20.4. The maximum atomic E-state index is 13.4. The van der Waals surface area contributed by atoms with Gasteiger partial charge in [-0.2, -0.15) is 0 Å². The maximum Gasteiger partial charge on any atom is 0.300 e. The van der Waals surface area contributed by atoms with Crippen LogP contribution in [-0.4, -0.2) is 30.5 Å². The summed E-state index contributed by atoms with van der Waals surface area (Å²) in [6.07, 6.45) is 0.842. The van der Waals surface area contributed by atoms with Crippen LogP contribution in [0.25, 0.3) is 5.76 Å². The standard InChI is InChI=1S/C29H29NO5/c1-5-16-35-23-10-7-9-21(17-23)27(31)25-26(20-12-14-22(34-4)15-13-20)30(29(33)28(25)32)24-11-6-8-18(2)19(24)3/h6-15,17,26,31H,5,16H2,1-4H3/b27-25+. The number of carbonyl (C=O) groups is 2. The number of carbonyl (C=O) groups excluding carboxylic acids is 2. The van der Waals surface area contributed by atoms with Crippen molar-refractivity contribution >= 4 is 23.1 Å². The third-order valence-corrected chi connectivity index (χ3v) is 6.29. The van der Waals surface area contributed by atoms with Gasteiger partial charge in [0, 0.05) is 11.3 Å². The van der Waals surface area contributed by atoms with Crippen LogP contribution in [0.15, 0.2) is 72.3 Å². The van der Waals surface area contributed by atoms with Crippen molar-refractivity contribution in [3.63, 3.8) is 0 Å². The molecule has 1 amide bonds. The molecule has 1 heterocycles. The Morgan fingerprint density at radius 2 is 1.69 bits per heavy atom. The van der Waals surface area contributed by atoms with Crippen molar-refractivity contribution in [3.8, 4) is 11.5 Å². The predicted molar refractivity (Wildman–Crippen MR) is 136 cm³/mol. The molecule has 0 spiro atoms. The molecule has 1 N–H and O–H groups in total. The number of methoxy groups -OCH3 is 1. The predicted octanol–water partition coefficient (Wildman–Crippen LogP) is 5.73. The largest absolute Gasteiger partial charge is 0.507 e. The molecule has 0 aromatic heterocycles. The average Bonchev–Trinajstić information content (AvgIpc) is 3.14. The first-order valence-corrected chi connectivity index (χ1v) is 11.6. The fourth-order valence-corrected chi connectivity index (χ4v) is 4.29. The minimum Gasteiger partial charge on any atom is -0.507 e. The highest BCUT2D eigenvalue weighted by atomic mass is 16.5. The van der Waals surface area contributed by atoms with Crippen molar-refractivity contribution in [2.75, 3.05) is 18.6 Å². The van der Waals surface area contributed by atoms with Crippen LogP contribution in [0.3, 0.4) is 0 Å². The van der Waals surface area contributed by atoms with E-state index >= 15 is 0 Å². The molecule has 1 aliphatic heterocycles. The van der Waals surface area contributed by atoms with Gasteiger partial charge in [-0.3, -0.25) is 14.5 Å². The fourth-order valence-electron chi connectivity index (χ4n) is 4.29. The summed E-state index contributed by atoms with van der Waals surface area (Å²) in [6.45, 7) is 6.42. The topological polar surface area (TPSA) is 76.1 Å². The number of aliphatic hydroxyl groups is 1. The quantitative estimate of drug-likeness (QED) is 0.271. The molecule has 1 unspecified atom stereocenters. The van der Waals surface area contributed by atoms with Crippen molar-refractivity contribution in [1.82, 2.24) is 0 Å². The Hall–Kier alpha value is -4.06. The molecule has 1 saturated heterocycles. The second-order valence-electron chi connectivity index (χ2n) is 8.54. The minimum atomic E-state index is -0.804. The van der Waals surface area contributed by atoms with E-state index in [1.807, 2.05) is 51.1 Å². The van der Waals surface area contributed by atoms with E-state index in [0.717, 1.165) is 17.5 Å². The fraction of sp³-hybridized carbons (Fsp3) is 0.241. The van der Waals surface area contributed by atoms with E-state index in [0.29, 0.717) is 34.9 Å². The van der Waals surface area contributed by atoms with Crippen molar-refractivity contribution in [1.29, 1.82) is 0 Å². The first-order valence-electron chi connectivity index (χ1n) is 11.6. The molecule has 1 atom stereocenters. The molecule has 1 fully saturated rings. The number of ketones is 1. The molecule has 6 heteroatoms. The summed E-state index contributed by atoms with van der Waals surface area (Å²) in [5.74, 6) is -0.415. The Balaban J connectivity index is 1.91. The van der Waals surface area contributed by atoms with E-state index in [4.69, 9.17) is 9.47 Å². The number of hydrogen-bond acceptors (Lipinski definition) is 5. The number of nitrogens with zero attached hydrogens (tertiary/aromatic N) is 1. The SMILES string of the molecule is CCCOc1cccc(/C(O)=C2\C(=O)C(=O)N(c3cccc(C)c3C)C2c2ccc(OC)cc2)c1. The van der Waals surface area contributed by atoms with E-state index < -0.39 is 17.7 Å². The van der Waals surface area contributed by atoms with E-state index in [1.165, 1.54) is 4.90 Å². The highest BCUT2D eigenvalue weighted by molar-refractivity contribution is 6.51. The summed E-state index contributed by atoms with van der Waals surface area (Å²) in [6, 6.07) is 18.9. The molecule has 35 heavy (non-hydrogen) atoms. The molecule has 180 valence electrons. The Bertz CT molecular complexity index is 1290. The van der Waals surface area contributed by atoms with Crippen LogP contribution in [0.5, 0.6) is 11.5 Å². The Morgan fingerprint density at radius 1 is 0.971 bits per heavy atom. The van der Waals surface area contributed by atoms with Crippen molar-refractivity contribution in [2.24, 2.45) is 0 Å². The molecule has 0 bridgehead atoms. The average molecular weight is 472 g/mol. The van der Waals surface area contributed by atoms with Crippen LogP contribution in [-0.2, 0) is 9.59 Å². The van der Waals surface area contributed by atoms with Gasteiger partial charge in [-0.25, -0.2) is 0 Å². The van der Waals surface area contributed by atoms with Gasteiger partial charge in [0.25, 0.3) is 11.7 Å². The zero-order valence-electron chi connectivity index (χ0n) is 20.4. The molecule has 3 aromatic rings. The van der Waals surface area contributed by atoms with Crippen molar-refractivity contribution < 1.29 is 24.2 Å². The van der Waals surface area contributed by atoms with Gasteiger partial charge in [0.1, 0.15) is 17.3 Å². The summed E-state index contributed by atoms with van der Waals surface area (Å²) < 4.78 is 11.0. The second kappa shape index (κ2) is 10.1.